The van der Waals surface area contributed by atoms with Gasteiger partial charge in [0.1, 0.15) is 0 Å². The maximum absolute atomic E-state index is 6.53. The van der Waals surface area contributed by atoms with Crippen molar-refractivity contribution < 1.29 is 9.31 Å². The second-order valence-corrected chi connectivity index (χ2v) is 13.1. The third kappa shape index (κ3) is 3.08. The summed E-state index contributed by atoms with van der Waals surface area (Å²) in [7, 11) is -0.410. The summed E-state index contributed by atoms with van der Waals surface area (Å²) in [5, 5.41) is 2.54. The highest BCUT2D eigenvalue weighted by molar-refractivity contribution is 7.99. The van der Waals surface area contributed by atoms with Gasteiger partial charge in [-0.05, 0) is 95.5 Å². The normalized spacial score (nSPS) is 19.0. The zero-order valence-corrected chi connectivity index (χ0v) is 23.4. The second-order valence-electron chi connectivity index (χ2n) is 12.0. The van der Waals surface area contributed by atoms with Crippen LogP contribution in [0.15, 0.2) is 113 Å². The highest BCUT2D eigenvalue weighted by Gasteiger charge is 2.54. The molecular weight excluding hydrogens is 495 g/mol. The van der Waals surface area contributed by atoms with Crippen LogP contribution in [-0.2, 0) is 14.7 Å². The summed E-state index contributed by atoms with van der Waals surface area (Å²) >= 11 is 1.88. The minimum Gasteiger partial charge on any atom is -0.399 e. The van der Waals surface area contributed by atoms with Gasteiger partial charge in [0, 0.05) is 9.79 Å². The van der Waals surface area contributed by atoms with Crippen LogP contribution in [-0.4, -0.2) is 18.3 Å². The second kappa shape index (κ2) is 7.88. The van der Waals surface area contributed by atoms with Crippen molar-refractivity contribution in [2.75, 3.05) is 0 Å². The van der Waals surface area contributed by atoms with Crippen LogP contribution in [0.2, 0.25) is 0 Å². The molecule has 1 aliphatic carbocycles. The summed E-state index contributed by atoms with van der Waals surface area (Å²) in [6.07, 6.45) is 0. The third-order valence-electron chi connectivity index (χ3n) is 9.36. The van der Waals surface area contributed by atoms with E-state index >= 15 is 0 Å². The number of rotatable bonds is 1. The van der Waals surface area contributed by atoms with Gasteiger partial charge in [0.05, 0.1) is 16.6 Å². The molecular formula is C35H29BO2S. The average molecular weight is 524 g/mol. The number of hydrogen-bond acceptors (Lipinski definition) is 3. The molecule has 8 rings (SSSR count). The molecule has 0 amide bonds. The van der Waals surface area contributed by atoms with Crippen LogP contribution in [0.3, 0.4) is 0 Å². The van der Waals surface area contributed by atoms with E-state index in [4.69, 9.17) is 9.31 Å². The van der Waals surface area contributed by atoms with Gasteiger partial charge in [-0.1, -0.05) is 96.7 Å². The van der Waals surface area contributed by atoms with E-state index in [2.05, 4.69) is 131 Å². The van der Waals surface area contributed by atoms with E-state index in [1.165, 1.54) is 53.9 Å². The molecule has 0 bridgehead atoms. The SMILES string of the molecule is CC1(C)OB(c2ccc3c(c2)C2(c4cc5ccccc5cc4S3)c3ccccc3-c3ccccc32)OC1(C)C. The van der Waals surface area contributed by atoms with Gasteiger partial charge in [0.25, 0.3) is 0 Å². The van der Waals surface area contributed by atoms with Crippen LogP contribution < -0.4 is 5.46 Å². The molecule has 0 N–H and O–H groups in total. The molecule has 0 saturated carbocycles. The van der Waals surface area contributed by atoms with Crippen LogP contribution in [0.1, 0.15) is 49.9 Å². The highest BCUT2D eigenvalue weighted by atomic mass is 32.2. The predicted octanol–water partition coefficient (Wildman–Crippen LogP) is 7.97. The lowest BCUT2D eigenvalue weighted by molar-refractivity contribution is 0.00578. The Labute approximate surface area is 234 Å². The molecule has 3 aliphatic rings. The molecule has 1 spiro atoms. The summed E-state index contributed by atoms with van der Waals surface area (Å²) in [6.45, 7) is 8.47. The first kappa shape index (κ1) is 23.6. The van der Waals surface area contributed by atoms with Gasteiger partial charge >= 0.3 is 7.12 Å². The van der Waals surface area contributed by atoms with Crippen LogP contribution in [0, 0.1) is 0 Å². The molecule has 0 atom stereocenters. The molecule has 5 aromatic rings. The Morgan fingerprint density at radius 3 is 1.72 bits per heavy atom. The molecule has 190 valence electrons. The van der Waals surface area contributed by atoms with Gasteiger partial charge in [0.15, 0.2) is 0 Å². The van der Waals surface area contributed by atoms with Crippen LogP contribution in [0.25, 0.3) is 21.9 Å². The van der Waals surface area contributed by atoms with Gasteiger partial charge in [-0.2, -0.15) is 0 Å². The largest absolute Gasteiger partial charge is 0.494 e. The third-order valence-corrected chi connectivity index (χ3v) is 10.5. The number of fused-ring (bicyclic) bond motifs is 10. The van der Waals surface area contributed by atoms with E-state index in [-0.39, 0.29) is 0 Å². The Morgan fingerprint density at radius 1 is 0.538 bits per heavy atom. The van der Waals surface area contributed by atoms with Crippen molar-refractivity contribution in [2.24, 2.45) is 0 Å². The topological polar surface area (TPSA) is 18.5 Å². The van der Waals surface area contributed by atoms with E-state index in [9.17, 15) is 0 Å². The Hall–Kier alpha value is -3.31. The summed E-state index contributed by atoms with van der Waals surface area (Å²) in [5.41, 5.74) is 7.83. The molecule has 5 aromatic carbocycles. The lowest BCUT2D eigenvalue weighted by Crippen LogP contribution is -2.41. The molecule has 39 heavy (non-hydrogen) atoms. The highest BCUT2D eigenvalue weighted by Crippen LogP contribution is 2.62. The quantitative estimate of drug-likeness (QED) is 0.203. The zero-order valence-electron chi connectivity index (χ0n) is 22.6. The van der Waals surface area contributed by atoms with Crippen molar-refractivity contribution in [3.63, 3.8) is 0 Å². The lowest BCUT2D eigenvalue weighted by atomic mass is 9.65. The zero-order chi connectivity index (χ0) is 26.6. The molecule has 2 heterocycles. The van der Waals surface area contributed by atoms with Crippen LogP contribution in [0.4, 0.5) is 0 Å². The van der Waals surface area contributed by atoms with Crippen molar-refractivity contribution in [1.29, 1.82) is 0 Å². The maximum atomic E-state index is 6.53. The van der Waals surface area contributed by atoms with Crippen LogP contribution >= 0.6 is 11.8 Å². The minimum atomic E-state index is -0.424. The molecule has 0 aromatic heterocycles. The lowest BCUT2D eigenvalue weighted by Gasteiger charge is -2.40. The van der Waals surface area contributed by atoms with E-state index in [1.54, 1.807) is 0 Å². The smallest absolute Gasteiger partial charge is 0.399 e. The predicted molar refractivity (Wildman–Crippen MR) is 161 cm³/mol. The number of hydrogen-bond donors (Lipinski definition) is 0. The Morgan fingerprint density at radius 2 is 1.08 bits per heavy atom. The molecule has 0 radical (unpaired) electrons. The molecule has 2 nitrogen and oxygen atoms in total. The van der Waals surface area contributed by atoms with Crippen molar-refractivity contribution in [1.82, 2.24) is 0 Å². The summed E-state index contributed by atoms with van der Waals surface area (Å²) < 4.78 is 13.1. The van der Waals surface area contributed by atoms with Gasteiger partial charge in [-0.15, -0.1) is 0 Å². The van der Waals surface area contributed by atoms with E-state index in [0.29, 0.717) is 0 Å². The standard InChI is InChI=1S/C35H29BO2S/c1-33(2)34(3,4)38-36(37-33)24-17-18-31-30(21-24)35(29-19-22-11-5-6-12-23(22)20-32(29)39-31)27-15-9-7-13-25(27)26-14-8-10-16-28(26)35/h5-21H,1-4H3. The first-order chi connectivity index (χ1) is 18.8. The van der Waals surface area contributed by atoms with Crippen LogP contribution in [0.5, 0.6) is 0 Å². The molecule has 2 aliphatic heterocycles. The average Bonchev–Trinajstić information content (AvgIpc) is 3.35. The first-order valence-corrected chi connectivity index (χ1v) is 14.5. The summed E-state index contributed by atoms with van der Waals surface area (Å²) in [5.74, 6) is 0. The monoisotopic (exact) mass is 524 g/mol. The minimum absolute atomic E-state index is 0.391. The van der Waals surface area contributed by atoms with E-state index in [0.717, 1.165) is 5.46 Å². The molecule has 0 unspecified atom stereocenters. The van der Waals surface area contributed by atoms with Crippen molar-refractivity contribution >= 4 is 35.1 Å². The van der Waals surface area contributed by atoms with Gasteiger partial charge < -0.3 is 9.31 Å². The molecule has 4 heteroatoms. The van der Waals surface area contributed by atoms with Crippen molar-refractivity contribution in [2.45, 2.75) is 54.1 Å². The van der Waals surface area contributed by atoms with E-state index in [1.807, 2.05) is 11.8 Å². The van der Waals surface area contributed by atoms with Gasteiger partial charge in [-0.25, -0.2) is 0 Å². The van der Waals surface area contributed by atoms with E-state index < -0.39 is 23.7 Å². The Bertz CT molecular complexity index is 1760. The van der Waals surface area contributed by atoms with Crippen molar-refractivity contribution in [3.05, 3.63) is 125 Å². The van der Waals surface area contributed by atoms with Gasteiger partial charge in [-0.3, -0.25) is 0 Å². The summed E-state index contributed by atoms with van der Waals surface area (Å²) in [6, 6.07) is 38.3. The fourth-order valence-corrected chi connectivity index (χ4v) is 7.93. The first-order valence-electron chi connectivity index (χ1n) is 13.7. The Balaban J connectivity index is 1.45. The fourth-order valence-electron chi connectivity index (χ4n) is 6.73. The Kier molecular flexibility index (Phi) is 4.76. The maximum Gasteiger partial charge on any atom is 0.494 e. The molecule has 1 saturated heterocycles. The fraction of sp³-hybridized carbons (Fsp3) is 0.200. The molecule has 1 fully saturated rings. The van der Waals surface area contributed by atoms with Gasteiger partial charge in [0.2, 0.25) is 0 Å². The van der Waals surface area contributed by atoms with Crippen molar-refractivity contribution in [3.8, 4) is 11.1 Å². The number of benzene rings is 5. The summed E-state index contributed by atoms with van der Waals surface area (Å²) in [4.78, 5) is 2.60.